The number of aromatic nitrogens is 2. The zero-order valence-corrected chi connectivity index (χ0v) is 10.1. The molecular formula is C12H20N4. The normalized spacial score (nSPS) is 16.9. The number of nitrogens with one attached hydrogen (secondary N) is 1. The van der Waals surface area contributed by atoms with Crippen molar-refractivity contribution in [3.05, 3.63) is 17.2 Å². The van der Waals surface area contributed by atoms with E-state index in [-0.39, 0.29) is 11.9 Å². The zero-order chi connectivity index (χ0) is 11.7. The summed E-state index contributed by atoms with van der Waals surface area (Å²) < 4.78 is 2.18. The minimum atomic E-state index is -0.00523. The van der Waals surface area contributed by atoms with Gasteiger partial charge in [0, 0.05) is 5.69 Å². The van der Waals surface area contributed by atoms with Gasteiger partial charge in [0.1, 0.15) is 11.7 Å². The van der Waals surface area contributed by atoms with Crippen LogP contribution in [0.2, 0.25) is 0 Å². The van der Waals surface area contributed by atoms with E-state index in [4.69, 9.17) is 11.1 Å². The van der Waals surface area contributed by atoms with E-state index in [1.165, 1.54) is 24.2 Å². The lowest BCUT2D eigenvalue weighted by Gasteiger charge is -2.21. The Labute approximate surface area is 96.4 Å². The summed E-state index contributed by atoms with van der Waals surface area (Å²) in [6.07, 6.45) is 5.49. The highest BCUT2D eigenvalue weighted by Crippen LogP contribution is 2.26. The number of nitrogens with two attached hydrogens (primary N) is 1. The molecule has 2 rings (SSSR count). The SMILES string of the molecule is CCC(C(=N)N)n1c(C)nc2c1CCCC2. The van der Waals surface area contributed by atoms with E-state index in [0.717, 1.165) is 25.1 Å². The van der Waals surface area contributed by atoms with Crippen LogP contribution in [0, 0.1) is 12.3 Å². The molecule has 0 saturated carbocycles. The largest absolute Gasteiger partial charge is 0.386 e. The fourth-order valence-corrected chi connectivity index (χ4v) is 2.65. The first-order valence-corrected chi connectivity index (χ1v) is 6.05. The number of hydrogen-bond donors (Lipinski definition) is 2. The van der Waals surface area contributed by atoms with E-state index in [9.17, 15) is 0 Å². The monoisotopic (exact) mass is 220 g/mol. The summed E-state index contributed by atoms with van der Waals surface area (Å²) in [5.74, 6) is 1.25. The van der Waals surface area contributed by atoms with E-state index in [1.54, 1.807) is 0 Å². The highest BCUT2D eigenvalue weighted by Gasteiger charge is 2.23. The van der Waals surface area contributed by atoms with Crippen molar-refractivity contribution in [3.63, 3.8) is 0 Å². The first-order valence-electron chi connectivity index (χ1n) is 6.05. The molecule has 0 radical (unpaired) electrons. The van der Waals surface area contributed by atoms with Crippen molar-refractivity contribution in [1.29, 1.82) is 5.41 Å². The maximum absolute atomic E-state index is 7.67. The second-order valence-electron chi connectivity index (χ2n) is 4.51. The van der Waals surface area contributed by atoms with E-state index in [2.05, 4.69) is 16.5 Å². The van der Waals surface area contributed by atoms with Gasteiger partial charge in [-0.3, -0.25) is 5.41 Å². The minimum absolute atomic E-state index is 0.00523. The van der Waals surface area contributed by atoms with Crippen LogP contribution >= 0.6 is 0 Å². The molecule has 0 fully saturated rings. The average Bonchev–Trinajstić information content (AvgIpc) is 2.57. The van der Waals surface area contributed by atoms with Gasteiger partial charge in [-0.2, -0.15) is 0 Å². The number of fused-ring (bicyclic) bond motifs is 1. The Kier molecular flexibility index (Phi) is 2.99. The van der Waals surface area contributed by atoms with Crippen LogP contribution in [0.1, 0.15) is 49.4 Å². The summed E-state index contributed by atoms with van der Waals surface area (Å²) in [4.78, 5) is 4.61. The molecule has 4 heteroatoms. The first-order chi connectivity index (χ1) is 7.65. The molecule has 0 saturated heterocycles. The molecule has 3 N–H and O–H groups in total. The van der Waals surface area contributed by atoms with Gasteiger partial charge in [0.25, 0.3) is 0 Å². The van der Waals surface area contributed by atoms with Crippen molar-refractivity contribution in [1.82, 2.24) is 9.55 Å². The molecule has 88 valence electrons. The Morgan fingerprint density at radius 1 is 1.50 bits per heavy atom. The molecule has 0 bridgehead atoms. The quantitative estimate of drug-likeness (QED) is 0.604. The fraction of sp³-hybridized carbons (Fsp3) is 0.667. The summed E-state index contributed by atoms with van der Waals surface area (Å²) in [5.41, 5.74) is 8.21. The van der Waals surface area contributed by atoms with Crippen molar-refractivity contribution >= 4 is 5.84 Å². The van der Waals surface area contributed by atoms with E-state index in [0.29, 0.717) is 0 Å². The number of imidazole rings is 1. The number of amidine groups is 1. The third-order valence-electron chi connectivity index (χ3n) is 3.40. The van der Waals surface area contributed by atoms with Gasteiger partial charge in [0.2, 0.25) is 0 Å². The summed E-state index contributed by atoms with van der Waals surface area (Å²) in [6, 6.07) is -0.00523. The van der Waals surface area contributed by atoms with Crippen LogP contribution in [0.15, 0.2) is 0 Å². The summed E-state index contributed by atoms with van der Waals surface area (Å²) in [7, 11) is 0. The molecule has 1 unspecified atom stereocenters. The molecule has 1 aliphatic carbocycles. The van der Waals surface area contributed by atoms with Gasteiger partial charge in [-0.25, -0.2) is 4.98 Å². The molecule has 0 aliphatic heterocycles. The Bertz CT molecular complexity index is 405. The van der Waals surface area contributed by atoms with Crippen molar-refractivity contribution in [2.75, 3.05) is 0 Å². The van der Waals surface area contributed by atoms with Crippen LogP contribution in [0.4, 0.5) is 0 Å². The maximum Gasteiger partial charge on any atom is 0.114 e. The highest BCUT2D eigenvalue weighted by molar-refractivity contribution is 5.81. The highest BCUT2D eigenvalue weighted by atomic mass is 15.1. The Morgan fingerprint density at radius 3 is 2.81 bits per heavy atom. The second-order valence-corrected chi connectivity index (χ2v) is 4.51. The van der Waals surface area contributed by atoms with Gasteiger partial charge in [-0.05, 0) is 39.0 Å². The lowest BCUT2D eigenvalue weighted by Crippen LogP contribution is -2.27. The van der Waals surface area contributed by atoms with Gasteiger partial charge >= 0.3 is 0 Å². The predicted molar refractivity (Wildman–Crippen MR) is 64.8 cm³/mol. The van der Waals surface area contributed by atoms with Crippen LogP contribution in [0.5, 0.6) is 0 Å². The number of rotatable bonds is 3. The summed E-state index contributed by atoms with van der Waals surface area (Å²) in [5, 5.41) is 7.67. The smallest absolute Gasteiger partial charge is 0.114 e. The maximum atomic E-state index is 7.67. The van der Waals surface area contributed by atoms with Gasteiger partial charge in [-0.1, -0.05) is 6.92 Å². The number of nitrogens with zero attached hydrogens (tertiary/aromatic N) is 2. The molecule has 4 nitrogen and oxygen atoms in total. The molecule has 1 aliphatic rings. The lowest BCUT2D eigenvalue weighted by molar-refractivity contribution is 0.548. The van der Waals surface area contributed by atoms with Crippen LogP contribution < -0.4 is 5.73 Å². The van der Waals surface area contributed by atoms with Crippen LogP contribution in [0.25, 0.3) is 0 Å². The molecule has 0 spiro atoms. The molecular weight excluding hydrogens is 200 g/mol. The molecule has 0 amide bonds. The van der Waals surface area contributed by atoms with E-state index >= 15 is 0 Å². The number of aryl methyl sites for hydroxylation is 2. The third-order valence-corrected chi connectivity index (χ3v) is 3.40. The topological polar surface area (TPSA) is 67.7 Å². The molecule has 1 aromatic heterocycles. The lowest BCUT2D eigenvalue weighted by atomic mass is 10.0. The number of hydrogen-bond acceptors (Lipinski definition) is 2. The molecule has 1 aromatic rings. The van der Waals surface area contributed by atoms with Gasteiger partial charge in [0.15, 0.2) is 0 Å². The Balaban J connectivity index is 2.46. The second kappa shape index (κ2) is 4.28. The standard InChI is InChI=1S/C12H20N4/c1-3-10(12(13)14)16-8(2)15-9-6-4-5-7-11(9)16/h10H,3-7H2,1-2H3,(H3,13,14). The molecule has 16 heavy (non-hydrogen) atoms. The van der Waals surface area contributed by atoms with Crippen LogP contribution in [0.3, 0.4) is 0 Å². The molecule has 0 aromatic carbocycles. The van der Waals surface area contributed by atoms with Crippen molar-refractivity contribution < 1.29 is 0 Å². The van der Waals surface area contributed by atoms with Gasteiger partial charge in [-0.15, -0.1) is 0 Å². The van der Waals surface area contributed by atoms with E-state index < -0.39 is 0 Å². The van der Waals surface area contributed by atoms with Gasteiger partial charge in [0.05, 0.1) is 11.7 Å². The third kappa shape index (κ3) is 1.72. The fourth-order valence-electron chi connectivity index (χ4n) is 2.65. The molecule has 1 atom stereocenters. The Morgan fingerprint density at radius 2 is 2.19 bits per heavy atom. The van der Waals surface area contributed by atoms with Crippen molar-refractivity contribution in [3.8, 4) is 0 Å². The summed E-state index contributed by atoms with van der Waals surface area (Å²) in [6.45, 7) is 4.09. The van der Waals surface area contributed by atoms with Gasteiger partial charge < -0.3 is 10.3 Å². The van der Waals surface area contributed by atoms with Crippen LogP contribution in [-0.2, 0) is 12.8 Å². The Hall–Kier alpha value is -1.32. The van der Waals surface area contributed by atoms with Crippen LogP contribution in [-0.4, -0.2) is 15.4 Å². The predicted octanol–water partition coefficient (Wildman–Crippen LogP) is 1.96. The van der Waals surface area contributed by atoms with Crippen molar-refractivity contribution in [2.45, 2.75) is 52.0 Å². The zero-order valence-electron chi connectivity index (χ0n) is 10.1. The average molecular weight is 220 g/mol. The van der Waals surface area contributed by atoms with Crippen molar-refractivity contribution in [2.24, 2.45) is 5.73 Å². The summed E-state index contributed by atoms with van der Waals surface area (Å²) >= 11 is 0. The first kappa shape index (κ1) is 11.2. The minimum Gasteiger partial charge on any atom is -0.386 e. The van der Waals surface area contributed by atoms with E-state index in [1.807, 2.05) is 6.92 Å². The molecule has 1 heterocycles.